The van der Waals surface area contributed by atoms with Gasteiger partial charge in [0.2, 0.25) is 0 Å². The van der Waals surface area contributed by atoms with Crippen LogP contribution in [0.15, 0.2) is 39.0 Å². The number of benzene rings is 1. The van der Waals surface area contributed by atoms with Gasteiger partial charge in [-0.05, 0) is 24.3 Å². The Bertz CT molecular complexity index is 597. The lowest BCUT2D eigenvalue weighted by Crippen LogP contribution is -2.08. The summed E-state index contributed by atoms with van der Waals surface area (Å²) < 4.78 is 24.7. The molecule has 8 heteroatoms. The minimum absolute atomic E-state index is 0.0683. The Morgan fingerprint density at radius 1 is 1.28 bits per heavy atom. The third kappa shape index (κ3) is 3.68. The molecular formula is C10H9ClN2O2S3. The molecule has 96 valence electrons. The molecule has 1 aromatic heterocycles. The predicted molar refractivity (Wildman–Crippen MR) is 74.1 cm³/mol. The molecule has 0 aliphatic carbocycles. The van der Waals surface area contributed by atoms with Crippen molar-refractivity contribution in [2.45, 2.75) is 9.24 Å². The van der Waals surface area contributed by atoms with Gasteiger partial charge in [0, 0.05) is 10.8 Å². The lowest BCUT2D eigenvalue weighted by Gasteiger charge is -2.03. The number of hydrogen-bond acceptors (Lipinski definition) is 6. The largest absolute Gasteiger partial charge is 0.224 e. The quantitative estimate of drug-likeness (QED) is 0.793. The van der Waals surface area contributed by atoms with Gasteiger partial charge in [-0.15, -0.1) is 10.2 Å². The number of rotatable bonds is 5. The van der Waals surface area contributed by atoms with Gasteiger partial charge in [0.05, 0.1) is 10.6 Å². The summed E-state index contributed by atoms with van der Waals surface area (Å²) in [5.41, 5.74) is 1.62. The highest BCUT2D eigenvalue weighted by atomic mass is 35.5. The number of halogens is 1. The van der Waals surface area contributed by atoms with E-state index < -0.39 is 9.84 Å². The number of sulfone groups is 1. The molecule has 0 atom stereocenters. The Balaban J connectivity index is 1.97. The maximum atomic E-state index is 12.0. The normalized spacial score (nSPS) is 11.6. The van der Waals surface area contributed by atoms with Crippen molar-refractivity contribution in [2.75, 3.05) is 11.5 Å². The van der Waals surface area contributed by atoms with E-state index in [2.05, 4.69) is 10.2 Å². The molecule has 18 heavy (non-hydrogen) atoms. The van der Waals surface area contributed by atoms with Gasteiger partial charge in [0.25, 0.3) is 0 Å². The molecule has 0 unspecified atom stereocenters. The fourth-order valence-corrected chi connectivity index (χ4v) is 4.56. The first-order chi connectivity index (χ1) is 8.58. The summed E-state index contributed by atoms with van der Waals surface area (Å²) in [6.45, 7) is 0. The van der Waals surface area contributed by atoms with Crippen LogP contribution >= 0.6 is 34.7 Å². The summed E-state index contributed by atoms with van der Waals surface area (Å²) in [4.78, 5) is 0.296. The van der Waals surface area contributed by atoms with Gasteiger partial charge in [-0.2, -0.15) is 0 Å². The van der Waals surface area contributed by atoms with Crippen molar-refractivity contribution >= 4 is 44.5 Å². The average Bonchev–Trinajstić information content (AvgIpc) is 2.82. The van der Waals surface area contributed by atoms with Gasteiger partial charge in [-0.1, -0.05) is 34.7 Å². The third-order valence-corrected chi connectivity index (χ3v) is 6.19. The van der Waals surface area contributed by atoms with E-state index in [-0.39, 0.29) is 5.75 Å². The van der Waals surface area contributed by atoms with E-state index in [1.165, 1.54) is 35.2 Å². The molecule has 0 spiro atoms. The number of thioether (sulfide) groups is 1. The van der Waals surface area contributed by atoms with Crippen LogP contribution in [0.2, 0.25) is 5.02 Å². The number of nitrogens with zero attached hydrogens (tertiary/aromatic N) is 2. The van der Waals surface area contributed by atoms with E-state index in [1.54, 1.807) is 17.6 Å². The Morgan fingerprint density at radius 2 is 2.00 bits per heavy atom. The molecule has 2 rings (SSSR count). The summed E-state index contributed by atoms with van der Waals surface area (Å²) in [5.74, 6) is 0.527. The van der Waals surface area contributed by atoms with Crippen LogP contribution < -0.4 is 0 Å². The van der Waals surface area contributed by atoms with Crippen LogP contribution in [0.25, 0.3) is 0 Å². The zero-order valence-electron chi connectivity index (χ0n) is 9.11. The van der Waals surface area contributed by atoms with E-state index in [9.17, 15) is 8.42 Å². The second-order valence-corrected chi connectivity index (χ2v) is 8.05. The average molecular weight is 321 g/mol. The molecule has 0 fully saturated rings. The highest BCUT2D eigenvalue weighted by Gasteiger charge is 2.14. The molecule has 1 aromatic carbocycles. The van der Waals surface area contributed by atoms with Crippen LogP contribution in [0.3, 0.4) is 0 Å². The van der Waals surface area contributed by atoms with Crippen LogP contribution in [0.1, 0.15) is 0 Å². The predicted octanol–water partition coefficient (Wildman–Crippen LogP) is 2.76. The summed E-state index contributed by atoms with van der Waals surface area (Å²) in [7, 11) is -3.25. The van der Waals surface area contributed by atoms with Gasteiger partial charge >= 0.3 is 0 Å². The molecule has 0 amide bonds. The highest BCUT2D eigenvalue weighted by molar-refractivity contribution is 8.02. The Kier molecular flexibility index (Phi) is 4.60. The van der Waals surface area contributed by atoms with E-state index >= 15 is 0 Å². The van der Waals surface area contributed by atoms with Gasteiger partial charge in [0.1, 0.15) is 5.51 Å². The zero-order chi connectivity index (χ0) is 13.0. The maximum Gasteiger partial charge on any atom is 0.179 e. The molecule has 0 radical (unpaired) electrons. The van der Waals surface area contributed by atoms with E-state index in [1.807, 2.05) is 0 Å². The van der Waals surface area contributed by atoms with Crippen LogP contribution in [-0.2, 0) is 9.84 Å². The van der Waals surface area contributed by atoms with E-state index in [4.69, 9.17) is 11.6 Å². The Labute approximate surface area is 118 Å². The second-order valence-electron chi connectivity index (χ2n) is 3.33. The SMILES string of the molecule is O=S(=O)(CCSc1nncs1)c1ccc(Cl)cc1. The number of hydrogen-bond donors (Lipinski definition) is 0. The molecule has 0 saturated carbocycles. The van der Waals surface area contributed by atoms with Crippen molar-refractivity contribution in [3.63, 3.8) is 0 Å². The van der Waals surface area contributed by atoms with Gasteiger partial charge < -0.3 is 0 Å². The fraction of sp³-hybridized carbons (Fsp3) is 0.200. The molecule has 0 bridgehead atoms. The Hall–Kier alpha value is -0.630. The van der Waals surface area contributed by atoms with Crippen molar-refractivity contribution in [1.82, 2.24) is 10.2 Å². The van der Waals surface area contributed by atoms with Crippen molar-refractivity contribution < 1.29 is 8.42 Å². The van der Waals surface area contributed by atoms with Crippen LogP contribution in [0, 0.1) is 0 Å². The first kappa shape index (κ1) is 13.8. The topological polar surface area (TPSA) is 59.9 Å². The van der Waals surface area contributed by atoms with Crippen molar-refractivity contribution in [3.05, 3.63) is 34.8 Å². The van der Waals surface area contributed by atoms with E-state index in [0.717, 1.165) is 4.34 Å². The third-order valence-electron chi connectivity index (χ3n) is 2.09. The molecule has 0 aliphatic heterocycles. The van der Waals surface area contributed by atoms with Crippen molar-refractivity contribution in [1.29, 1.82) is 0 Å². The van der Waals surface area contributed by atoms with Crippen LogP contribution in [0.4, 0.5) is 0 Å². The number of aromatic nitrogens is 2. The second kappa shape index (κ2) is 6.01. The molecule has 0 N–H and O–H groups in total. The van der Waals surface area contributed by atoms with Gasteiger partial charge in [0.15, 0.2) is 14.2 Å². The first-order valence-electron chi connectivity index (χ1n) is 4.95. The molecule has 4 nitrogen and oxygen atoms in total. The molecule has 0 aliphatic rings. The van der Waals surface area contributed by atoms with Gasteiger partial charge in [-0.3, -0.25) is 0 Å². The summed E-state index contributed by atoms with van der Waals surface area (Å²) in [6, 6.07) is 6.19. The molecule has 1 heterocycles. The minimum atomic E-state index is -3.25. The van der Waals surface area contributed by atoms with Gasteiger partial charge in [-0.25, -0.2) is 8.42 Å². The zero-order valence-corrected chi connectivity index (χ0v) is 12.3. The minimum Gasteiger partial charge on any atom is -0.224 e. The lowest BCUT2D eigenvalue weighted by atomic mass is 10.4. The standard InChI is InChI=1S/C10H9ClN2O2S3/c11-8-1-3-9(4-2-8)18(14,15)6-5-16-10-13-12-7-17-10/h1-4,7H,5-6H2. The van der Waals surface area contributed by atoms with E-state index in [0.29, 0.717) is 15.7 Å². The summed E-state index contributed by atoms with van der Waals surface area (Å²) >= 11 is 8.51. The summed E-state index contributed by atoms with van der Waals surface area (Å²) in [5, 5.41) is 8.05. The molecule has 2 aromatic rings. The Morgan fingerprint density at radius 3 is 2.61 bits per heavy atom. The lowest BCUT2D eigenvalue weighted by molar-refractivity contribution is 0.597. The summed E-state index contributed by atoms with van der Waals surface area (Å²) in [6.07, 6.45) is 0. The van der Waals surface area contributed by atoms with Crippen molar-refractivity contribution in [2.24, 2.45) is 0 Å². The smallest absolute Gasteiger partial charge is 0.179 e. The van der Waals surface area contributed by atoms with Crippen LogP contribution in [-0.4, -0.2) is 30.1 Å². The monoisotopic (exact) mass is 320 g/mol. The molecule has 0 saturated heterocycles. The first-order valence-corrected chi connectivity index (χ1v) is 8.85. The maximum absolute atomic E-state index is 12.0. The fourth-order valence-electron chi connectivity index (χ4n) is 1.22. The van der Waals surface area contributed by atoms with Crippen molar-refractivity contribution in [3.8, 4) is 0 Å². The highest BCUT2D eigenvalue weighted by Crippen LogP contribution is 2.21. The van der Waals surface area contributed by atoms with Crippen LogP contribution in [0.5, 0.6) is 0 Å². The molecular weight excluding hydrogens is 312 g/mol.